The molecule has 1 saturated heterocycles. The zero-order valence-corrected chi connectivity index (χ0v) is 14.6. The van der Waals surface area contributed by atoms with E-state index in [4.69, 9.17) is 9.47 Å². The van der Waals surface area contributed by atoms with Crippen LogP contribution in [0, 0.1) is 6.92 Å². The van der Waals surface area contributed by atoms with Gasteiger partial charge in [-0.25, -0.2) is 0 Å². The normalized spacial score (nSPS) is 17.0. The van der Waals surface area contributed by atoms with Crippen LogP contribution < -0.4 is 9.64 Å². The average Bonchev–Trinajstić information content (AvgIpc) is 3.31. The van der Waals surface area contributed by atoms with Crippen LogP contribution in [0.5, 0.6) is 5.75 Å². The molecule has 0 radical (unpaired) electrons. The van der Waals surface area contributed by atoms with Crippen LogP contribution in [0.1, 0.15) is 17.4 Å². The first kappa shape index (κ1) is 15.8. The topological polar surface area (TPSA) is 26.6 Å². The van der Waals surface area contributed by atoms with Crippen molar-refractivity contribution in [2.24, 2.45) is 0 Å². The molecule has 2 aromatic carbocycles. The standard InChI is InChI=1S/C21H22N2O2/c1-16-5-3-7-19(13-16)23-11-12-25-21(23)17-9-10-22(15-17)18-6-4-8-20(14-18)24-2/h3-10,13-15,21H,11-12H2,1-2H3. The van der Waals surface area contributed by atoms with Crippen LogP contribution in [0.3, 0.4) is 0 Å². The predicted octanol–water partition coefficient (Wildman–Crippen LogP) is 4.33. The van der Waals surface area contributed by atoms with Gasteiger partial charge in [-0.3, -0.25) is 0 Å². The second-order valence-corrected chi connectivity index (χ2v) is 6.31. The van der Waals surface area contributed by atoms with Crippen LogP contribution in [-0.2, 0) is 4.74 Å². The highest BCUT2D eigenvalue weighted by Crippen LogP contribution is 2.33. The molecule has 0 aliphatic carbocycles. The van der Waals surface area contributed by atoms with E-state index < -0.39 is 0 Å². The Hall–Kier alpha value is -2.72. The summed E-state index contributed by atoms with van der Waals surface area (Å²) in [5.41, 5.74) is 4.70. The lowest BCUT2D eigenvalue weighted by Crippen LogP contribution is -2.23. The smallest absolute Gasteiger partial charge is 0.158 e. The number of aromatic nitrogens is 1. The molecule has 2 heterocycles. The van der Waals surface area contributed by atoms with Gasteiger partial charge < -0.3 is 18.9 Å². The van der Waals surface area contributed by atoms with Gasteiger partial charge in [0.05, 0.1) is 13.7 Å². The molecule has 1 fully saturated rings. The summed E-state index contributed by atoms with van der Waals surface area (Å²) in [6.07, 6.45) is 4.15. The van der Waals surface area contributed by atoms with Crippen molar-refractivity contribution in [3.63, 3.8) is 0 Å². The molecule has 4 nitrogen and oxygen atoms in total. The van der Waals surface area contributed by atoms with Gasteiger partial charge in [-0.15, -0.1) is 0 Å². The fourth-order valence-electron chi connectivity index (χ4n) is 3.31. The molecule has 1 aliphatic heterocycles. The maximum absolute atomic E-state index is 6.03. The molecule has 1 aromatic heterocycles. The van der Waals surface area contributed by atoms with Gasteiger partial charge in [-0.2, -0.15) is 0 Å². The molecule has 4 rings (SSSR count). The highest BCUT2D eigenvalue weighted by molar-refractivity contribution is 5.51. The number of methoxy groups -OCH3 is 1. The molecular formula is C21H22N2O2. The molecule has 4 heteroatoms. The number of hydrogen-bond acceptors (Lipinski definition) is 3. The number of anilines is 1. The molecule has 1 aliphatic rings. The summed E-state index contributed by atoms with van der Waals surface area (Å²) in [6, 6.07) is 18.7. The predicted molar refractivity (Wildman–Crippen MR) is 99.5 cm³/mol. The van der Waals surface area contributed by atoms with Crippen LogP contribution in [-0.4, -0.2) is 24.8 Å². The van der Waals surface area contributed by atoms with E-state index in [1.807, 2.05) is 18.2 Å². The summed E-state index contributed by atoms with van der Waals surface area (Å²) in [5.74, 6) is 0.853. The third-order valence-corrected chi connectivity index (χ3v) is 4.58. The van der Waals surface area contributed by atoms with E-state index in [1.54, 1.807) is 7.11 Å². The summed E-state index contributed by atoms with van der Waals surface area (Å²) in [6.45, 7) is 3.76. The quantitative estimate of drug-likeness (QED) is 0.710. The first-order valence-corrected chi connectivity index (χ1v) is 8.52. The minimum atomic E-state index is -0.0475. The summed E-state index contributed by atoms with van der Waals surface area (Å²) >= 11 is 0. The third kappa shape index (κ3) is 3.13. The number of benzene rings is 2. The number of ether oxygens (including phenoxy) is 2. The molecule has 1 unspecified atom stereocenters. The minimum Gasteiger partial charge on any atom is -0.497 e. The Balaban J connectivity index is 1.62. The summed E-state index contributed by atoms with van der Waals surface area (Å²) in [4.78, 5) is 2.32. The zero-order chi connectivity index (χ0) is 17.2. The van der Waals surface area contributed by atoms with E-state index in [1.165, 1.54) is 11.3 Å². The molecule has 1 atom stereocenters. The molecule has 0 amide bonds. The monoisotopic (exact) mass is 334 g/mol. The van der Waals surface area contributed by atoms with Crippen molar-refractivity contribution in [3.05, 3.63) is 78.1 Å². The van der Waals surface area contributed by atoms with Gasteiger partial charge in [0.1, 0.15) is 5.75 Å². The highest BCUT2D eigenvalue weighted by atomic mass is 16.5. The molecule has 128 valence electrons. The van der Waals surface area contributed by atoms with E-state index in [-0.39, 0.29) is 6.23 Å². The van der Waals surface area contributed by atoms with Gasteiger partial charge in [0.25, 0.3) is 0 Å². The molecule has 0 bridgehead atoms. The molecule has 0 spiro atoms. The Bertz CT molecular complexity index is 872. The Morgan fingerprint density at radius 1 is 1.04 bits per heavy atom. The lowest BCUT2D eigenvalue weighted by Gasteiger charge is -2.25. The van der Waals surface area contributed by atoms with Crippen LogP contribution in [0.25, 0.3) is 5.69 Å². The molecule has 25 heavy (non-hydrogen) atoms. The van der Waals surface area contributed by atoms with Crippen molar-refractivity contribution < 1.29 is 9.47 Å². The van der Waals surface area contributed by atoms with E-state index in [0.29, 0.717) is 0 Å². The van der Waals surface area contributed by atoms with Crippen molar-refractivity contribution >= 4 is 5.69 Å². The first-order valence-electron chi connectivity index (χ1n) is 8.52. The number of aryl methyl sites for hydroxylation is 1. The lowest BCUT2D eigenvalue weighted by molar-refractivity contribution is 0.114. The maximum atomic E-state index is 6.03. The van der Waals surface area contributed by atoms with Gasteiger partial charge in [-0.05, 0) is 42.8 Å². The third-order valence-electron chi connectivity index (χ3n) is 4.58. The molecule has 0 saturated carbocycles. The lowest BCUT2D eigenvalue weighted by atomic mass is 10.2. The Morgan fingerprint density at radius 3 is 2.72 bits per heavy atom. The first-order chi connectivity index (χ1) is 12.2. The van der Waals surface area contributed by atoms with Gasteiger partial charge in [0, 0.05) is 41.9 Å². The fourth-order valence-corrected chi connectivity index (χ4v) is 3.31. The number of rotatable bonds is 4. The summed E-state index contributed by atoms with van der Waals surface area (Å²) in [5, 5.41) is 0. The Morgan fingerprint density at radius 2 is 1.88 bits per heavy atom. The van der Waals surface area contributed by atoms with Gasteiger partial charge >= 0.3 is 0 Å². The Kier molecular flexibility index (Phi) is 4.20. The minimum absolute atomic E-state index is 0.0475. The van der Waals surface area contributed by atoms with E-state index >= 15 is 0 Å². The van der Waals surface area contributed by atoms with Crippen molar-refractivity contribution in [3.8, 4) is 11.4 Å². The fraction of sp³-hybridized carbons (Fsp3) is 0.238. The zero-order valence-electron chi connectivity index (χ0n) is 14.6. The highest BCUT2D eigenvalue weighted by Gasteiger charge is 2.28. The number of nitrogens with zero attached hydrogens (tertiary/aromatic N) is 2. The largest absolute Gasteiger partial charge is 0.497 e. The van der Waals surface area contributed by atoms with Crippen molar-refractivity contribution in [1.29, 1.82) is 0 Å². The van der Waals surface area contributed by atoms with E-state index in [2.05, 4.69) is 65.2 Å². The van der Waals surface area contributed by atoms with Crippen LogP contribution >= 0.6 is 0 Å². The molecule has 3 aromatic rings. The van der Waals surface area contributed by atoms with Crippen molar-refractivity contribution in [2.75, 3.05) is 25.2 Å². The SMILES string of the molecule is COc1cccc(-n2ccc(C3OCCN3c3cccc(C)c3)c2)c1. The number of hydrogen-bond donors (Lipinski definition) is 0. The van der Waals surface area contributed by atoms with Gasteiger partial charge in [0.2, 0.25) is 0 Å². The second-order valence-electron chi connectivity index (χ2n) is 6.31. The van der Waals surface area contributed by atoms with E-state index in [9.17, 15) is 0 Å². The van der Waals surface area contributed by atoms with Crippen LogP contribution in [0.4, 0.5) is 5.69 Å². The average molecular weight is 334 g/mol. The van der Waals surface area contributed by atoms with Gasteiger partial charge in [0.15, 0.2) is 6.23 Å². The van der Waals surface area contributed by atoms with E-state index in [0.717, 1.165) is 30.2 Å². The maximum Gasteiger partial charge on any atom is 0.158 e. The van der Waals surface area contributed by atoms with Crippen molar-refractivity contribution in [1.82, 2.24) is 4.57 Å². The molecule has 0 N–H and O–H groups in total. The summed E-state index contributed by atoms with van der Waals surface area (Å²) < 4.78 is 13.5. The Labute approximate surface area is 148 Å². The van der Waals surface area contributed by atoms with Crippen LogP contribution in [0.2, 0.25) is 0 Å². The van der Waals surface area contributed by atoms with Gasteiger partial charge in [-0.1, -0.05) is 18.2 Å². The van der Waals surface area contributed by atoms with Crippen molar-refractivity contribution in [2.45, 2.75) is 13.2 Å². The summed E-state index contributed by atoms with van der Waals surface area (Å²) in [7, 11) is 1.69. The molecular weight excluding hydrogens is 312 g/mol. The van der Waals surface area contributed by atoms with Crippen LogP contribution in [0.15, 0.2) is 67.0 Å². The second kappa shape index (κ2) is 6.65.